The Kier molecular flexibility index (Phi) is 5.36. The molecular weight excluding hydrogens is 268 g/mol. The van der Waals surface area contributed by atoms with Crippen LogP contribution in [0.1, 0.15) is 18.7 Å². The number of ether oxygens (including phenoxy) is 1. The Hall–Kier alpha value is -1.85. The molecule has 1 aromatic carbocycles. The van der Waals surface area contributed by atoms with Crippen LogP contribution >= 0.6 is 0 Å². The fourth-order valence-electron chi connectivity index (χ4n) is 2.11. The molecule has 21 heavy (non-hydrogen) atoms. The van der Waals surface area contributed by atoms with Gasteiger partial charge in [-0.05, 0) is 19.1 Å². The van der Waals surface area contributed by atoms with Crippen LogP contribution in [0.15, 0.2) is 34.7 Å². The summed E-state index contributed by atoms with van der Waals surface area (Å²) in [4.78, 5) is 13.8. The molecule has 1 atom stereocenters. The fourth-order valence-corrected chi connectivity index (χ4v) is 2.11. The van der Waals surface area contributed by atoms with Crippen LogP contribution in [0.3, 0.4) is 0 Å². The topological polar surface area (TPSA) is 54.7 Å². The number of nitrogens with zero attached hydrogens (tertiary/aromatic N) is 1. The number of rotatable bonds is 7. The van der Waals surface area contributed by atoms with Gasteiger partial charge in [-0.2, -0.15) is 0 Å². The molecule has 0 saturated carbocycles. The van der Waals surface area contributed by atoms with Crippen molar-refractivity contribution in [1.82, 2.24) is 10.2 Å². The lowest BCUT2D eigenvalue weighted by Gasteiger charge is -2.23. The van der Waals surface area contributed by atoms with Crippen LogP contribution in [0.5, 0.6) is 0 Å². The summed E-state index contributed by atoms with van der Waals surface area (Å²) in [6.07, 6.45) is 0. The van der Waals surface area contributed by atoms with Crippen molar-refractivity contribution in [1.29, 1.82) is 0 Å². The zero-order valence-corrected chi connectivity index (χ0v) is 12.8. The van der Waals surface area contributed by atoms with Crippen LogP contribution in [-0.2, 0) is 9.53 Å². The number of furan rings is 1. The highest BCUT2D eigenvalue weighted by Crippen LogP contribution is 2.26. The highest BCUT2D eigenvalue weighted by molar-refractivity contribution is 5.80. The summed E-state index contributed by atoms with van der Waals surface area (Å²) in [5.41, 5.74) is 0.846. The molecule has 5 nitrogen and oxygen atoms in total. The third-order valence-electron chi connectivity index (χ3n) is 3.59. The van der Waals surface area contributed by atoms with Crippen molar-refractivity contribution in [2.75, 3.05) is 33.9 Å². The summed E-state index contributed by atoms with van der Waals surface area (Å²) in [6, 6.07) is 9.73. The number of amides is 1. The van der Waals surface area contributed by atoms with Crippen LogP contribution in [0.4, 0.5) is 0 Å². The molecule has 0 fully saturated rings. The van der Waals surface area contributed by atoms with E-state index in [0.717, 1.165) is 16.7 Å². The summed E-state index contributed by atoms with van der Waals surface area (Å²) >= 11 is 0. The minimum atomic E-state index is -0.103. The Morgan fingerprint density at radius 2 is 2.19 bits per heavy atom. The second-order valence-corrected chi connectivity index (χ2v) is 5.04. The van der Waals surface area contributed by atoms with Gasteiger partial charge in [0.1, 0.15) is 11.3 Å². The molecule has 0 bridgehead atoms. The molecule has 0 aliphatic heterocycles. The molecule has 1 unspecified atom stereocenters. The standard InChI is InChI=1S/C16H22N2O3/c1-12(18(2)16(19)11-17-8-9-20-3)15-10-13-6-4-5-7-14(13)21-15/h4-7,10,12,17H,8-9,11H2,1-3H3. The first kappa shape index (κ1) is 15.5. The third-order valence-corrected chi connectivity index (χ3v) is 3.59. The van der Waals surface area contributed by atoms with Crippen molar-refractivity contribution < 1.29 is 13.9 Å². The zero-order chi connectivity index (χ0) is 15.2. The van der Waals surface area contributed by atoms with Gasteiger partial charge in [-0.1, -0.05) is 18.2 Å². The molecule has 1 aromatic heterocycles. The number of methoxy groups -OCH3 is 1. The molecule has 0 saturated heterocycles. The lowest BCUT2D eigenvalue weighted by molar-refractivity contribution is -0.131. The van der Waals surface area contributed by atoms with Crippen molar-refractivity contribution in [3.8, 4) is 0 Å². The highest BCUT2D eigenvalue weighted by atomic mass is 16.5. The van der Waals surface area contributed by atoms with Gasteiger partial charge in [0.05, 0.1) is 19.2 Å². The van der Waals surface area contributed by atoms with Gasteiger partial charge in [-0.3, -0.25) is 4.79 Å². The molecule has 0 aliphatic rings. The van der Waals surface area contributed by atoms with Crippen LogP contribution in [0, 0.1) is 0 Å². The Labute approximate surface area is 124 Å². The first-order valence-electron chi connectivity index (χ1n) is 7.07. The second kappa shape index (κ2) is 7.24. The number of hydrogen-bond acceptors (Lipinski definition) is 4. The van der Waals surface area contributed by atoms with Gasteiger partial charge >= 0.3 is 0 Å². The number of hydrogen-bond donors (Lipinski definition) is 1. The smallest absolute Gasteiger partial charge is 0.236 e. The van der Waals surface area contributed by atoms with Crippen molar-refractivity contribution >= 4 is 16.9 Å². The average Bonchev–Trinajstić information content (AvgIpc) is 2.93. The molecule has 1 heterocycles. The maximum Gasteiger partial charge on any atom is 0.236 e. The second-order valence-electron chi connectivity index (χ2n) is 5.04. The van der Waals surface area contributed by atoms with E-state index in [1.165, 1.54) is 0 Å². The van der Waals surface area contributed by atoms with Gasteiger partial charge in [-0.25, -0.2) is 0 Å². The number of para-hydroxylation sites is 1. The Morgan fingerprint density at radius 1 is 1.43 bits per heavy atom. The van der Waals surface area contributed by atoms with E-state index in [9.17, 15) is 4.79 Å². The predicted molar refractivity (Wildman–Crippen MR) is 82.1 cm³/mol. The molecule has 114 valence electrons. The summed E-state index contributed by atoms with van der Waals surface area (Å²) in [5.74, 6) is 0.822. The van der Waals surface area contributed by atoms with E-state index in [0.29, 0.717) is 19.7 Å². The normalized spacial score (nSPS) is 12.5. The van der Waals surface area contributed by atoms with Crippen LogP contribution in [-0.4, -0.2) is 44.7 Å². The number of fused-ring (bicyclic) bond motifs is 1. The maximum absolute atomic E-state index is 12.1. The van der Waals surface area contributed by atoms with Gasteiger partial charge in [0.15, 0.2) is 0 Å². The Bertz CT molecular complexity index is 561. The van der Waals surface area contributed by atoms with E-state index in [-0.39, 0.29) is 11.9 Å². The number of carbonyl (C=O) groups is 1. The molecule has 0 radical (unpaired) electrons. The Balaban J connectivity index is 1.97. The zero-order valence-electron chi connectivity index (χ0n) is 12.8. The van der Waals surface area contributed by atoms with Crippen LogP contribution in [0.2, 0.25) is 0 Å². The highest BCUT2D eigenvalue weighted by Gasteiger charge is 2.20. The first-order chi connectivity index (χ1) is 10.1. The summed E-state index contributed by atoms with van der Waals surface area (Å²) in [7, 11) is 3.43. The van der Waals surface area contributed by atoms with Gasteiger partial charge in [0.25, 0.3) is 0 Å². The van der Waals surface area contributed by atoms with E-state index in [4.69, 9.17) is 9.15 Å². The van der Waals surface area contributed by atoms with Crippen molar-refractivity contribution in [3.05, 3.63) is 36.1 Å². The van der Waals surface area contributed by atoms with E-state index >= 15 is 0 Å². The SMILES string of the molecule is COCCNCC(=O)N(C)C(C)c1cc2ccccc2o1. The summed E-state index contributed by atoms with van der Waals surface area (Å²) in [5, 5.41) is 4.11. The minimum absolute atomic E-state index is 0.0269. The van der Waals surface area contributed by atoms with Gasteiger partial charge in [0.2, 0.25) is 5.91 Å². The maximum atomic E-state index is 12.1. The van der Waals surface area contributed by atoms with Gasteiger partial charge < -0.3 is 19.4 Å². The first-order valence-corrected chi connectivity index (χ1v) is 7.07. The lowest BCUT2D eigenvalue weighted by Crippen LogP contribution is -2.37. The fraction of sp³-hybridized carbons (Fsp3) is 0.438. The lowest BCUT2D eigenvalue weighted by atomic mass is 10.2. The van der Waals surface area contributed by atoms with Gasteiger partial charge in [-0.15, -0.1) is 0 Å². The van der Waals surface area contributed by atoms with E-state index in [1.54, 1.807) is 19.1 Å². The van der Waals surface area contributed by atoms with E-state index < -0.39 is 0 Å². The van der Waals surface area contributed by atoms with Crippen LogP contribution in [0.25, 0.3) is 11.0 Å². The molecule has 0 spiro atoms. The van der Waals surface area contributed by atoms with Crippen LogP contribution < -0.4 is 5.32 Å². The van der Waals surface area contributed by atoms with E-state index in [1.807, 2.05) is 37.3 Å². The minimum Gasteiger partial charge on any atom is -0.459 e. The molecular formula is C16H22N2O3. The molecule has 0 aliphatic carbocycles. The van der Waals surface area contributed by atoms with Crippen molar-refractivity contribution in [2.24, 2.45) is 0 Å². The summed E-state index contributed by atoms with van der Waals surface area (Å²) < 4.78 is 10.7. The van der Waals surface area contributed by atoms with Gasteiger partial charge in [0, 0.05) is 26.1 Å². The predicted octanol–water partition coefficient (Wildman–Crippen LogP) is 2.19. The number of likely N-dealkylation sites (N-methyl/N-ethyl adjacent to an activating group) is 1. The Morgan fingerprint density at radius 3 is 2.90 bits per heavy atom. The largest absolute Gasteiger partial charge is 0.459 e. The quantitative estimate of drug-likeness (QED) is 0.794. The van der Waals surface area contributed by atoms with Crippen molar-refractivity contribution in [3.63, 3.8) is 0 Å². The molecule has 1 N–H and O–H groups in total. The van der Waals surface area contributed by atoms with E-state index in [2.05, 4.69) is 5.32 Å². The molecule has 2 aromatic rings. The summed E-state index contributed by atoms with van der Waals surface area (Å²) in [6.45, 7) is 3.51. The number of benzene rings is 1. The molecule has 5 heteroatoms. The average molecular weight is 290 g/mol. The monoisotopic (exact) mass is 290 g/mol. The number of carbonyl (C=O) groups excluding carboxylic acids is 1. The third kappa shape index (κ3) is 3.83. The molecule has 1 amide bonds. The number of nitrogens with one attached hydrogen (secondary N) is 1. The molecule has 2 rings (SSSR count). The van der Waals surface area contributed by atoms with Crippen molar-refractivity contribution in [2.45, 2.75) is 13.0 Å².